The van der Waals surface area contributed by atoms with Crippen LogP contribution in [0.2, 0.25) is 0 Å². The molecule has 0 N–H and O–H groups in total. The summed E-state index contributed by atoms with van der Waals surface area (Å²) in [6.45, 7) is 7.37. The maximum atomic E-state index is 2.45. The van der Waals surface area contributed by atoms with Crippen LogP contribution in [0, 0.1) is 0 Å². The number of halogens is 1. The van der Waals surface area contributed by atoms with Crippen LogP contribution < -0.4 is 17.0 Å². The van der Waals surface area contributed by atoms with Crippen LogP contribution >= 0.6 is 0 Å². The molecule has 0 bridgehead atoms. The van der Waals surface area contributed by atoms with Gasteiger partial charge in [0.1, 0.15) is 0 Å². The molecule has 0 fully saturated rings. The summed E-state index contributed by atoms with van der Waals surface area (Å²) < 4.78 is 1.24. The van der Waals surface area contributed by atoms with Crippen molar-refractivity contribution < 1.29 is 21.5 Å². The Morgan fingerprint density at radius 3 is 0.767 bits per heavy atom. The highest BCUT2D eigenvalue weighted by Gasteiger charge is 2.13. The zero-order chi connectivity index (χ0) is 21.5. The molecule has 2 heteroatoms. The summed E-state index contributed by atoms with van der Waals surface area (Å²) in [5.74, 6) is 0. The Labute approximate surface area is 203 Å². The molecule has 0 saturated carbocycles. The zero-order valence-corrected chi connectivity index (χ0v) is 23.4. The summed E-state index contributed by atoms with van der Waals surface area (Å²) in [6, 6.07) is 0. The lowest BCUT2D eigenvalue weighted by Crippen LogP contribution is -3.00. The number of hydrogen-bond donors (Lipinski definition) is 0. The molecule has 0 aliphatic carbocycles. The predicted octanol–water partition coefficient (Wildman–Crippen LogP) is 6.69. The fourth-order valence-corrected chi connectivity index (χ4v) is 4.52. The smallest absolute Gasteiger partial charge is 0.0782 e. The molecule has 0 atom stereocenters. The van der Waals surface area contributed by atoms with Crippen molar-refractivity contribution in [1.82, 2.24) is 0 Å². The molecule has 184 valence electrons. The average Bonchev–Trinajstić information content (AvgIpc) is 2.70. The fraction of sp³-hybridized carbons (Fsp3) is 1.00. The van der Waals surface area contributed by atoms with Gasteiger partial charge in [0.2, 0.25) is 0 Å². The monoisotopic (exact) mass is 489 g/mol. The Kier molecular flexibility index (Phi) is 27.9. The number of rotatable bonds is 24. The molecule has 0 aromatic rings. The van der Waals surface area contributed by atoms with E-state index in [9.17, 15) is 0 Å². The van der Waals surface area contributed by atoms with Crippen molar-refractivity contribution in [2.75, 3.05) is 27.2 Å². The second-order valence-electron chi connectivity index (χ2n) is 10.5. The summed E-state index contributed by atoms with van der Waals surface area (Å²) in [4.78, 5) is 0. The minimum absolute atomic E-state index is 0. The molecule has 0 aliphatic rings. The fourth-order valence-electron chi connectivity index (χ4n) is 4.52. The van der Waals surface area contributed by atoms with Crippen molar-refractivity contribution >= 4 is 0 Å². The quantitative estimate of drug-likeness (QED) is 0.104. The van der Waals surface area contributed by atoms with Gasteiger partial charge in [0, 0.05) is 0 Å². The first-order valence-corrected chi connectivity index (χ1v) is 13.9. The molecule has 30 heavy (non-hydrogen) atoms. The van der Waals surface area contributed by atoms with Crippen LogP contribution in [-0.4, -0.2) is 31.7 Å². The minimum atomic E-state index is 0. The Morgan fingerprint density at radius 2 is 0.533 bits per heavy atom. The van der Waals surface area contributed by atoms with Crippen molar-refractivity contribution in [2.24, 2.45) is 0 Å². The molecule has 0 aromatic carbocycles. The predicted molar refractivity (Wildman–Crippen MR) is 135 cm³/mol. The normalized spacial score (nSPS) is 11.6. The van der Waals surface area contributed by atoms with Crippen LogP contribution in [-0.2, 0) is 0 Å². The minimum Gasteiger partial charge on any atom is -1.00 e. The van der Waals surface area contributed by atoms with Crippen LogP contribution in [0.15, 0.2) is 0 Å². The lowest BCUT2D eigenvalue weighted by atomic mass is 10.0. The van der Waals surface area contributed by atoms with Gasteiger partial charge in [0.15, 0.2) is 0 Å². The highest BCUT2D eigenvalue weighted by Crippen LogP contribution is 2.14. The largest absolute Gasteiger partial charge is 1.00 e. The average molecular weight is 491 g/mol. The van der Waals surface area contributed by atoms with Gasteiger partial charge in [-0.25, -0.2) is 0 Å². The molecule has 1 nitrogen and oxygen atoms in total. The Hall–Kier alpha value is 0.440. The van der Waals surface area contributed by atoms with Crippen molar-refractivity contribution in [1.29, 1.82) is 0 Å². The van der Waals surface area contributed by atoms with E-state index in [4.69, 9.17) is 0 Å². The summed E-state index contributed by atoms with van der Waals surface area (Å²) >= 11 is 0. The Bertz CT molecular complexity index is 303. The molecule has 0 unspecified atom stereocenters. The molecular weight excluding hydrogens is 430 g/mol. The third kappa shape index (κ3) is 26.5. The van der Waals surface area contributed by atoms with Crippen LogP contribution in [0.3, 0.4) is 0 Å². The molecule has 0 radical (unpaired) electrons. The van der Waals surface area contributed by atoms with Crippen molar-refractivity contribution in [2.45, 2.75) is 155 Å². The van der Waals surface area contributed by atoms with Crippen LogP contribution in [0.25, 0.3) is 0 Å². The van der Waals surface area contributed by atoms with Crippen LogP contribution in [0.4, 0.5) is 0 Å². The zero-order valence-electron chi connectivity index (χ0n) is 21.8. The number of quaternary nitrogens is 1. The number of hydrogen-bond acceptors (Lipinski definition) is 0. The molecule has 0 aliphatic heterocycles. The van der Waals surface area contributed by atoms with E-state index >= 15 is 0 Å². The lowest BCUT2D eigenvalue weighted by Gasteiger charge is -2.30. The molecule has 0 spiro atoms. The summed E-state index contributed by atoms with van der Waals surface area (Å²) in [6.07, 6.45) is 32.0. The van der Waals surface area contributed by atoms with Gasteiger partial charge in [-0.15, -0.1) is 0 Å². The lowest BCUT2D eigenvalue weighted by molar-refractivity contribution is -0.890. The van der Waals surface area contributed by atoms with Crippen LogP contribution in [0.5, 0.6) is 0 Å². The molecule has 0 heterocycles. The van der Waals surface area contributed by atoms with E-state index in [1.807, 2.05) is 0 Å². The summed E-state index contributed by atoms with van der Waals surface area (Å²) in [7, 11) is 4.90. The standard InChI is InChI=1S/C28H60N.BrH/c1-5-7-9-11-13-15-16-17-18-19-20-22-24-26-28-29(3,4)27-25-23-21-14-12-10-8-6-2;/h5-28H2,1-4H3;1H/q+1;/p-1. The molecule has 0 aromatic heterocycles. The van der Waals surface area contributed by atoms with Gasteiger partial charge in [-0.1, -0.05) is 129 Å². The van der Waals surface area contributed by atoms with E-state index in [-0.39, 0.29) is 17.0 Å². The molecule has 0 saturated heterocycles. The topological polar surface area (TPSA) is 0 Å². The molecular formula is C28H60BrN. The molecule has 0 rings (SSSR count). The SMILES string of the molecule is CCCCCCCCCCCCCCCC[N+](C)(C)CCCCCCCCCC.[Br-]. The first-order valence-electron chi connectivity index (χ1n) is 13.9. The van der Waals surface area contributed by atoms with Gasteiger partial charge >= 0.3 is 0 Å². The third-order valence-corrected chi connectivity index (χ3v) is 6.73. The maximum Gasteiger partial charge on any atom is 0.0782 e. The van der Waals surface area contributed by atoms with Gasteiger partial charge in [0.25, 0.3) is 0 Å². The Balaban J connectivity index is 0. The first-order chi connectivity index (χ1) is 14.1. The van der Waals surface area contributed by atoms with E-state index < -0.39 is 0 Å². The first kappa shape index (κ1) is 32.6. The van der Waals surface area contributed by atoms with Crippen molar-refractivity contribution in [3.63, 3.8) is 0 Å². The van der Waals surface area contributed by atoms with Gasteiger partial charge in [-0.3, -0.25) is 0 Å². The van der Waals surface area contributed by atoms with E-state index in [2.05, 4.69) is 27.9 Å². The summed E-state index contributed by atoms with van der Waals surface area (Å²) in [5, 5.41) is 0. The van der Waals surface area contributed by atoms with Gasteiger partial charge in [0.05, 0.1) is 27.2 Å². The van der Waals surface area contributed by atoms with E-state index in [0.29, 0.717) is 0 Å². The second-order valence-corrected chi connectivity index (χ2v) is 10.5. The van der Waals surface area contributed by atoms with E-state index in [1.165, 1.54) is 159 Å². The van der Waals surface area contributed by atoms with Crippen LogP contribution in [0.1, 0.15) is 155 Å². The highest BCUT2D eigenvalue weighted by atomic mass is 79.9. The second kappa shape index (κ2) is 25.7. The van der Waals surface area contributed by atoms with Gasteiger partial charge in [-0.2, -0.15) is 0 Å². The summed E-state index contributed by atoms with van der Waals surface area (Å²) in [5.41, 5.74) is 0. The van der Waals surface area contributed by atoms with Gasteiger partial charge < -0.3 is 21.5 Å². The van der Waals surface area contributed by atoms with E-state index in [0.717, 1.165) is 0 Å². The Morgan fingerprint density at radius 1 is 0.333 bits per heavy atom. The maximum absolute atomic E-state index is 2.45. The van der Waals surface area contributed by atoms with Crippen molar-refractivity contribution in [3.8, 4) is 0 Å². The van der Waals surface area contributed by atoms with E-state index in [1.54, 1.807) is 0 Å². The van der Waals surface area contributed by atoms with Gasteiger partial charge in [-0.05, 0) is 25.7 Å². The third-order valence-electron chi connectivity index (χ3n) is 6.73. The highest BCUT2D eigenvalue weighted by molar-refractivity contribution is 4.50. The number of unbranched alkanes of at least 4 members (excludes halogenated alkanes) is 20. The molecule has 0 amide bonds. The van der Waals surface area contributed by atoms with Crippen molar-refractivity contribution in [3.05, 3.63) is 0 Å². The number of nitrogens with zero attached hydrogens (tertiary/aromatic N) is 1.